The number of benzene rings is 1. The van der Waals surface area contributed by atoms with Crippen molar-refractivity contribution < 1.29 is 4.79 Å². The van der Waals surface area contributed by atoms with Gasteiger partial charge in [0.15, 0.2) is 0 Å². The van der Waals surface area contributed by atoms with Crippen molar-refractivity contribution in [1.82, 2.24) is 0 Å². The minimum atomic E-state index is 0.174. The van der Waals surface area contributed by atoms with Crippen LogP contribution in [0.2, 0.25) is 0 Å². The van der Waals surface area contributed by atoms with E-state index >= 15 is 0 Å². The molecule has 2 aliphatic carbocycles. The summed E-state index contributed by atoms with van der Waals surface area (Å²) in [4.78, 5) is 11.7. The van der Waals surface area contributed by atoms with Crippen LogP contribution in [0.3, 0.4) is 0 Å². The molecule has 0 unspecified atom stereocenters. The topological polar surface area (TPSA) is 41.1 Å². The van der Waals surface area contributed by atoms with Crippen molar-refractivity contribution in [1.29, 1.82) is 0 Å². The van der Waals surface area contributed by atoms with Gasteiger partial charge >= 0.3 is 0 Å². The standard InChI is InChI=1S/C18H26N2O/c21-18(15-6-7-15)20-17-10-8-16(9-11-17)19-13-12-14-4-2-1-3-5-14/h8-11,14-15,19H,1-7,12-13H2,(H,20,21). The summed E-state index contributed by atoms with van der Waals surface area (Å²) < 4.78 is 0. The third-order valence-electron chi connectivity index (χ3n) is 4.71. The summed E-state index contributed by atoms with van der Waals surface area (Å²) in [6, 6.07) is 8.10. The van der Waals surface area contributed by atoms with Crippen molar-refractivity contribution in [3.63, 3.8) is 0 Å². The highest BCUT2D eigenvalue weighted by atomic mass is 16.2. The van der Waals surface area contributed by atoms with Crippen LogP contribution in [0.5, 0.6) is 0 Å². The summed E-state index contributed by atoms with van der Waals surface area (Å²) in [5.74, 6) is 1.36. The van der Waals surface area contributed by atoms with Crippen LogP contribution in [-0.2, 0) is 4.79 Å². The van der Waals surface area contributed by atoms with Crippen LogP contribution in [0.1, 0.15) is 51.4 Å². The van der Waals surface area contributed by atoms with Gasteiger partial charge in [0.05, 0.1) is 0 Å². The Kier molecular flexibility index (Phi) is 4.79. The zero-order chi connectivity index (χ0) is 14.5. The molecule has 2 N–H and O–H groups in total. The van der Waals surface area contributed by atoms with Gasteiger partial charge in [0, 0.05) is 23.8 Å². The number of rotatable bonds is 6. The largest absolute Gasteiger partial charge is 0.385 e. The van der Waals surface area contributed by atoms with Crippen LogP contribution < -0.4 is 10.6 Å². The van der Waals surface area contributed by atoms with E-state index in [9.17, 15) is 4.79 Å². The zero-order valence-electron chi connectivity index (χ0n) is 12.7. The zero-order valence-corrected chi connectivity index (χ0v) is 12.7. The van der Waals surface area contributed by atoms with E-state index in [-0.39, 0.29) is 11.8 Å². The van der Waals surface area contributed by atoms with Crippen LogP contribution in [0.25, 0.3) is 0 Å². The lowest BCUT2D eigenvalue weighted by Gasteiger charge is -2.21. The molecule has 2 aliphatic rings. The third-order valence-corrected chi connectivity index (χ3v) is 4.71. The van der Waals surface area contributed by atoms with E-state index < -0.39 is 0 Å². The normalized spacial score (nSPS) is 19.2. The van der Waals surface area contributed by atoms with E-state index in [0.29, 0.717) is 0 Å². The quantitative estimate of drug-likeness (QED) is 0.813. The molecule has 3 rings (SSSR count). The Morgan fingerprint density at radius 2 is 1.62 bits per heavy atom. The number of hydrogen-bond donors (Lipinski definition) is 2. The molecule has 2 saturated carbocycles. The van der Waals surface area contributed by atoms with E-state index in [0.717, 1.165) is 36.7 Å². The van der Waals surface area contributed by atoms with Gasteiger partial charge in [0.1, 0.15) is 0 Å². The Bertz CT molecular complexity index is 459. The summed E-state index contributed by atoms with van der Waals surface area (Å²) in [6.45, 7) is 1.05. The van der Waals surface area contributed by atoms with Crippen molar-refractivity contribution >= 4 is 17.3 Å². The van der Waals surface area contributed by atoms with Gasteiger partial charge in [-0.25, -0.2) is 0 Å². The molecule has 21 heavy (non-hydrogen) atoms. The summed E-state index contributed by atoms with van der Waals surface area (Å²) in [6.07, 6.45) is 10.5. The monoisotopic (exact) mass is 286 g/mol. The highest BCUT2D eigenvalue weighted by molar-refractivity contribution is 5.94. The maximum Gasteiger partial charge on any atom is 0.227 e. The molecule has 1 amide bonds. The molecule has 3 nitrogen and oxygen atoms in total. The smallest absolute Gasteiger partial charge is 0.227 e. The van der Waals surface area contributed by atoms with Crippen molar-refractivity contribution in [3.8, 4) is 0 Å². The number of hydrogen-bond acceptors (Lipinski definition) is 2. The Morgan fingerprint density at radius 3 is 2.29 bits per heavy atom. The lowest BCUT2D eigenvalue weighted by Crippen LogP contribution is -2.13. The van der Waals surface area contributed by atoms with Crippen LogP contribution in [0, 0.1) is 11.8 Å². The Labute approximate surface area is 127 Å². The molecular formula is C18H26N2O. The second-order valence-corrected chi connectivity index (χ2v) is 6.56. The van der Waals surface area contributed by atoms with Gasteiger partial charge in [-0.3, -0.25) is 4.79 Å². The first-order valence-electron chi connectivity index (χ1n) is 8.46. The molecule has 1 aromatic rings. The predicted molar refractivity (Wildman–Crippen MR) is 87.5 cm³/mol. The van der Waals surface area contributed by atoms with Crippen molar-refractivity contribution in [2.75, 3.05) is 17.2 Å². The van der Waals surface area contributed by atoms with Gasteiger partial charge in [0.2, 0.25) is 5.91 Å². The summed E-state index contributed by atoms with van der Waals surface area (Å²) in [7, 11) is 0. The molecule has 1 aromatic carbocycles. The molecule has 2 fully saturated rings. The highest BCUT2D eigenvalue weighted by Crippen LogP contribution is 2.30. The first-order chi connectivity index (χ1) is 10.3. The van der Waals surface area contributed by atoms with E-state index in [4.69, 9.17) is 0 Å². The first-order valence-corrected chi connectivity index (χ1v) is 8.46. The molecule has 0 spiro atoms. The molecular weight excluding hydrogens is 260 g/mol. The minimum Gasteiger partial charge on any atom is -0.385 e. The maximum atomic E-state index is 11.7. The molecule has 0 atom stereocenters. The van der Waals surface area contributed by atoms with Crippen molar-refractivity contribution in [3.05, 3.63) is 24.3 Å². The highest BCUT2D eigenvalue weighted by Gasteiger charge is 2.29. The third kappa shape index (κ3) is 4.48. The molecule has 3 heteroatoms. The first kappa shape index (κ1) is 14.4. The van der Waals surface area contributed by atoms with Gasteiger partial charge in [-0.2, -0.15) is 0 Å². The average molecular weight is 286 g/mol. The maximum absolute atomic E-state index is 11.7. The summed E-state index contributed by atoms with van der Waals surface area (Å²) in [5, 5.41) is 6.47. The van der Waals surface area contributed by atoms with Crippen LogP contribution >= 0.6 is 0 Å². The molecule has 114 valence electrons. The summed E-state index contributed by atoms with van der Waals surface area (Å²) >= 11 is 0. The fraction of sp³-hybridized carbons (Fsp3) is 0.611. The number of carbonyl (C=O) groups is 1. The van der Waals surface area contributed by atoms with Crippen molar-refractivity contribution in [2.45, 2.75) is 51.4 Å². The van der Waals surface area contributed by atoms with E-state index in [1.807, 2.05) is 12.1 Å². The van der Waals surface area contributed by atoms with Crippen LogP contribution in [0.4, 0.5) is 11.4 Å². The fourth-order valence-corrected chi connectivity index (χ4v) is 3.16. The van der Waals surface area contributed by atoms with E-state index in [2.05, 4.69) is 22.8 Å². The van der Waals surface area contributed by atoms with Crippen LogP contribution in [-0.4, -0.2) is 12.5 Å². The predicted octanol–water partition coefficient (Wildman–Crippen LogP) is 4.42. The fourth-order valence-electron chi connectivity index (χ4n) is 3.16. The van der Waals surface area contributed by atoms with Crippen LogP contribution in [0.15, 0.2) is 24.3 Å². The Balaban J connectivity index is 1.40. The molecule has 0 radical (unpaired) electrons. The SMILES string of the molecule is O=C(Nc1ccc(NCCC2CCCCC2)cc1)C1CC1. The van der Waals surface area contributed by atoms with Gasteiger partial charge in [-0.15, -0.1) is 0 Å². The molecule has 0 saturated heterocycles. The Hall–Kier alpha value is -1.51. The summed E-state index contributed by atoms with van der Waals surface area (Å²) in [5.41, 5.74) is 2.06. The molecule has 0 aliphatic heterocycles. The lowest BCUT2D eigenvalue weighted by atomic mass is 9.87. The minimum absolute atomic E-state index is 0.174. The molecule has 0 heterocycles. The van der Waals surface area contributed by atoms with Gasteiger partial charge in [-0.1, -0.05) is 32.1 Å². The lowest BCUT2D eigenvalue weighted by molar-refractivity contribution is -0.117. The number of anilines is 2. The number of nitrogens with one attached hydrogen (secondary N) is 2. The molecule has 0 bridgehead atoms. The van der Waals surface area contributed by atoms with Gasteiger partial charge < -0.3 is 10.6 Å². The van der Waals surface area contributed by atoms with Gasteiger partial charge in [-0.05, 0) is 49.4 Å². The number of amides is 1. The van der Waals surface area contributed by atoms with E-state index in [1.54, 1.807) is 0 Å². The second kappa shape index (κ2) is 6.97. The van der Waals surface area contributed by atoms with E-state index in [1.165, 1.54) is 38.5 Å². The molecule has 0 aromatic heterocycles. The Morgan fingerprint density at radius 1 is 0.952 bits per heavy atom. The van der Waals surface area contributed by atoms with Crippen molar-refractivity contribution in [2.24, 2.45) is 11.8 Å². The van der Waals surface area contributed by atoms with Gasteiger partial charge in [0.25, 0.3) is 0 Å². The number of carbonyl (C=O) groups excluding carboxylic acids is 1. The average Bonchev–Trinajstić information content (AvgIpc) is 3.35. The second-order valence-electron chi connectivity index (χ2n) is 6.56.